The number of hydrogen-bond donors (Lipinski definition) is 2. The second-order valence-corrected chi connectivity index (χ2v) is 2.83. The SMILES string of the molecule is CC(CN)Nc1ccc(C#N)nc1. The number of nitriles is 1. The molecule has 1 aromatic rings. The van der Waals surface area contributed by atoms with Crippen molar-refractivity contribution in [3.05, 3.63) is 24.0 Å². The van der Waals surface area contributed by atoms with Crippen LogP contribution in [0, 0.1) is 11.3 Å². The highest BCUT2D eigenvalue weighted by atomic mass is 14.9. The van der Waals surface area contributed by atoms with E-state index in [9.17, 15) is 0 Å². The Labute approximate surface area is 77.4 Å². The molecule has 0 amide bonds. The van der Waals surface area contributed by atoms with Crippen LogP contribution in [0.25, 0.3) is 0 Å². The summed E-state index contributed by atoms with van der Waals surface area (Å²) >= 11 is 0. The Morgan fingerprint density at radius 1 is 1.69 bits per heavy atom. The predicted octanol–water partition coefficient (Wildman–Crippen LogP) is 0.712. The van der Waals surface area contributed by atoms with E-state index in [1.54, 1.807) is 12.3 Å². The molecule has 0 spiro atoms. The van der Waals surface area contributed by atoms with Gasteiger partial charge in [0.15, 0.2) is 0 Å². The van der Waals surface area contributed by atoms with Crippen LogP contribution < -0.4 is 11.1 Å². The molecule has 0 aliphatic rings. The molecule has 3 N–H and O–H groups in total. The van der Waals surface area contributed by atoms with Gasteiger partial charge in [0, 0.05) is 12.6 Å². The molecule has 68 valence electrons. The summed E-state index contributed by atoms with van der Waals surface area (Å²) in [6.07, 6.45) is 1.63. The molecule has 1 rings (SSSR count). The van der Waals surface area contributed by atoms with Crippen molar-refractivity contribution in [1.82, 2.24) is 4.98 Å². The van der Waals surface area contributed by atoms with Crippen molar-refractivity contribution in [3.8, 4) is 6.07 Å². The number of aromatic nitrogens is 1. The van der Waals surface area contributed by atoms with E-state index in [-0.39, 0.29) is 6.04 Å². The van der Waals surface area contributed by atoms with Gasteiger partial charge in [-0.05, 0) is 19.1 Å². The first-order valence-corrected chi connectivity index (χ1v) is 4.09. The molecule has 0 aliphatic heterocycles. The van der Waals surface area contributed by atoms with E-state index in [1.807, 2.05) is 19.1 Å². The molecule has 0 fully saturated rings. The fraction of sp³-hybridized carbons (Fsp3) is 0.333. The highest BCUT2D eigenvalue weighted by molar-refractivity contribution is 5.43. The third-order valence-electron chi connectivity index (χ3n) is 1.64. The molecule has 1 aromatic heterocycles. The first kappa shape index (κ1) is 9.49. The molecular weight excluding hydrogens is 164 g/mol. The molecule has 1 heterocycles. The summed E-state index contributed by atoms with van der Waals surface area (Å²) in [5.74, 6) is 0. The van der Waals surface area contributed by atoms with Gasteiger partial charge in [0.05, 0.1) is 11.9 Å². The van der Waals surface area contributed by atoms with Crippen molar-refractivity contribution in [2.75, 3.05) is 11.9 Å². The van der Waals surface area contributed by atoms with Crippen LogP contribution in [-0.2, 0) is 0 Å². The van der Waals surface area contributed by atoms with Crippen LogP contribution in [0.2, 0.25) is 0 Å². The van der Waals surface area contributed by atoms with Gasteiger partial charge in [-0.3, -0.25) is 0 Å². The van der Waals surface area contributed by atoms with Crippen molar-refractivity contribution in [2.24, 2.45) is 5.73 Å². The number of nitrogens with one attached hydrogen (secondary N) is 1. The average Bonchev–Trinajstić information content (AvgIpc) is 2.19. The summed E-state index contributed by atoms with van der Waals surface area (Å²) in [5.41, 5.74) is 6.75. The van der Waals surface area contributed by atoms with E-state index in [0.717, 1.165) is 5.69 Å². The monoisotopic (exact) mass is 176 g/mol. The van der Waals surface area contributed by atoms with E-state index in [2.05, 4.69) is 10.3 Å². The maximum absolute atomic E-state index is 8.50. The Morgan fingerprint density at radius 2 is 2.46 bits per heavy atom. The van der Waals surface area contributed by atoms with Crippen molar-refractivity contribution in [2.45, 2.75) is 13.0 Å². The van der Waals surface area contributed by atoms with Crippen LogP contribution in [0.1, 0.15) is 12.6 Å². The largest absolute Gasteiger partial charge is 0.380 e. The summed E-state index contributed by atoms with van der Waals surface area (Å²) in [6.45, 7) is 2.55. The molecule has 13 heavy (non-hydrogen) atoms. The molecule has 0 saturated heterocycles. The van der Waals surface area contributed by atoms with Crippen LogP contribution in [-0.4, -0.2) is 17.6 Å². The van der Waals surface area contributed by atoms with E-state index < -0.39 is 0 Å². The standard InChI is InChI=1S/C9H12N4/c1-7(4-10)13-9-3-2-8(5-11)12-6-9/h2-3,6-7,13H,4,10H2,1H3. The number of hydrogen-bond acceptors (Lipinski definition) is 4. The average molecular weight is 176 g/mol. The minimum atomic E-state index is 0.217. The molecule has 1 unspecified atom stereocenters. The predicted molar refractivity (Wildman–Crippen MR) is 51.1 cm³/mol. The molecule has 1 atom stereocenters. The quantitative estimate of drug-likeness (QED) is 0.711. The lowest BCUT2D eigenvalue weighted by Crippen LogP contribution is -2.25. The van der Waals surface area contributed by atoms with Crippen molar-refractivity contribution in [3.63, 3.8) is 0 Å². The Hall–Kier alpha value is -1.60. The zero-order chi connectivity index (χ0) is 9.68. The third kappa shape index (κ3) is 2.73. The van der Waals surface area contributed by atoms with Gasteiger partial charge in [-0.2, -0.15) is 5.26 Å². The normalized spacial score (nSPS) is 11.8. The third-order valence-corrected chi connectivity index (χ3v) is 1.64. The van der Waals surface area contributed by atoms with Crippen LogP contribution in [0.3, 0.4) is 0 Å². The van der Waals surface area contributed by atoms with Gasteiger partial charge in [0.2, 0.25) is 0 Å². The topological polar surface area (TPSA) is 74.7 Å². The van der Waals surface area contributed by atoms with Gasteiger partial charge < -0.3 is 11.1 Å². The molecule has 0 aromatic carbocycles. The molecule has 0 bridgehead atoms. The van der Waals surface area contributed by atoms with E-state index in [0.29, 0.717) is 12.2 Å². The van der Waals surface area contributed by atoms with Crippen LogP contribution >= 0.6 is 0 Å². The van der Waals surface area contributed by atoms with Crippen LogP contribution in [0.4, 0.5) is 5.69 Å². The molecule has 0 aliphatic carbocycles. The van der Waals surface area contributed by atoms with Gasteiger partial charge in [0.25, 0.3) is 0 Å². The van der Waals surface area contributed by atoms with Gasteiger partial charge in [-0.15, -0.1) is 0 Å². The van der Waals surface area contributed by atoms with E-state index in [1.165, 1.54) is 0 Å². The molecule has 0 radical (unpaired) electrons. The maximum Gasteiger partial charge on any atom is 0.140 e. The summed E-state index contributed by atoms with van der Waals surface area (Å²) in [5, 5.41) is 11.6. The summed E-state index contributed by atoms with van der Waals surface area (Å²) in [6, 6.07) is 5.66. The van der Waals surface area contributed by atoms with Gasteiger partial charge >= 0.3 is 0 Å². The Balaban J connectivity index is 2.65. The zero-order valence-electron chi connectivity index (χ0n) is 7.49. The fourth-order valence-electron chi connectivity index (χ4n) is 0.889. The minimum absolute atomic E-state index is 0.217. The second-order valence-electron chi connectivity index (χ2n) is 2.83. The van der Waals surface area contributed by atoms with Crippen molar-refractivity contribution in [1.29, 1.82) is 5.26 Å². The molecular formula is C9H12N4. The van der Waals surface area contributed by atoms with Gasteiger partial charge in [0.1, 0.15) is 11.8 Å². The lowest BCUT2D eigenvalue weighted by atomic mass is 10.3. The number of nitrogens with zero attached hydrogens (tertiary/aromatic N) is 2. The highest BCUT2D eigenvalue weighted by Gasteiger charge is 1.98. The number of rotatable bonds is 3. The summed E-state index contributed by atoms with van der Waals surface area (Å²) < 4.78 is 0. The van der Waals surface area contributed by atoms with Crippen LogP contribution in [0.5, 0.6) is 0 Å². The minimum Gasteiger partial charge on any atom is -0.380 e. The lowest BCUT2D eigenvalue weighted by molar-refractivity contribution is 0.803. The van der Waals surface area contributed by atoms with Gasteiger partial charge in [-0.25, -0.2) is 4.98 Å². The van der Waals surface area contributed by atoms with Crippen molar-refractivity contribution < 1.29 is 0 Å². The first-order chi connectivity index (χ1) is 6.26. The van der Waals surface area contributed by atoms with Crippen molar-refractivity contribution >= 4 is 5.69 Å². The molecule has 4 nitrogen and oxygen atoms in total. The number of nitrogens with two attached hydrogens (primary N) is 1. The molecule has 4 heteroatoms. The zero-order valence-corrected chi connectivity index (χ0v) is 7.49. The maximum atomic E-state index is 8.50. The first-order valence-electron chi connectivity index (χ1n) is 4.09. The van der Waals surface area contributed by atoms with E-state index >= 15 is 0 Å². The lowest BCUT2D eigenvalue weighted by Gasteiger charge is -2.11. The highest BCUT2D eigenvalue weighted by Crippen LogP contribution is 2.06. The Bertz CT molecular complexity index is 298. The van der Waals surface area contributed by atoms with Gasteiger partial charge in [-0.1, -0.05) is 0 Å². The summed E-state index contributed by atoms with van der Waals surface area (Å²) in [7, 11) is 0. The number of anilines is 1. The molecule has 0 saturated carbocycles. The van der Waals surface area contributed by atoms with E-state index in [4.69, 9.17) is 11.0 Å². The Morgan fingerprint density at radius 3 is 2.92 bits per heavy atom. The smallest absolute Gasteiger partial charge is 0.140 e. The summed E-state index contributed by atoms with van der Waals surface area (Å²) in [4.78, 5) is 3.92. The second kappa shape index (κ2) is 4.43. The fourth-order valence-corrected chi connectivity index (χ4v) is 0.889. The van der Waals surface area contributed by atoms with Crippen LogP contribution in [0.15, 0.2) is 18.3 Å². The number of pyridine rings is 1. The Kier molecular flexibility index (Phi) is 3.23.